The van der Waals surface area contributed by atoms with Gasteiger partial charge < -0.3 is 29.0 Å². The van der Waals surface area contributed by atoms with E-state index >= 15 is 0 Å². The molecule has 1 aromatic carbocycles. The smallest absolute Gasteiger partial charge is 0.321 e. The number of carbonyl (C=O) groups excluding carboxylic acids is 1. The summed E-state index contributed by atoms with van der Waals surface area (Å²) in [5.41, 5.74) is 2.43. The quantitative estimate of drug-likeness (QED) is 0.712. The minimum Gasteiger partial charge on any atom is -0.454 e. The number of urea groups is 1. The summed E-state index contributed by atoms with van der Waals surface area (Å²) in [7, 11) is 1.67. The van der Waals surface area contributed by atoms with Gasteiger partial charge in [-0.3, -0.25) is 0 Å². The lowest BCUT2D eigenvalue weighted by atomic mass is 10.0. The monoisotopic (exact) mass is 409 g/mol. The predicted octanol–water partition coefficient (Wildman–Crippen LogP) is 3.18. The highest BCUT2D eigenvalue weighted by atomic mass is 16.7. The van der Waals surface area contributed by atoms with Crippen molar-refractivity contribution in [2.75, 3.05) is 32.3 Å². The van der Waals surface area contributed by atoms with E-state index in [0.717, 1.165) is 29.8 Å². The lowest BCUT2D eigenvalue weighted by Gasteiger charge is -2.33. The van der Waals surface area contributed by atoms with Crippen LogP contribution in [0.2, 0.25) is 0 Å². The number of carbonyl (C=O) groups is 1. The SMILES string of the molecule is COCc1nc2cccnc2n1C1CCN(C(=O)Nc2ccc3c(c2)OCO3)CC1. The molecular formula is C21H23N5O4. The predicted molar refractivity (Wildman–Crippen MR) is 110 cm³/mol. The van der Waals surface area contributed by atoms with Gasteiger partial charge >= 0.3 is 6.03 Å². The Morgan fingerprint density at radius 3 is 2.90 bits per heavy atom. The molecule has 30 heavy (non-hydrogen) atoms. The minimum absolute atomic E-state index is 0.113. The summed E-state index contributed by atoms with van der Waals surface area (Å²) in [5, 5.41) is 2.95. The molecule has 2 aliphatic rings. The van der Waals surface area contributed by atoms with Crippen LogP contribution in [0.15, 0.2) is 36.5 Å². The number of pyridine rings is 1. The van der Waals surface area contributed by atoms with Gasteiger partial charge in [-0.2, -0.15) is 0 Å². The molecule has 1 saturated heterocycles. The van der Waals surface area contributed by atoms with Crippen molar-refractivity contribution >= 4 is 22.9 Å². The highest BCUT2D eigenvalue weighted by Crippen LogP contribution is 2.34. The zero-order chi connectivity index (χ0) is 20.5. The van der Waals surface area contributed by atoms with E-state index in [1.807, 2.05) is 23.1 Å². The van der Waals surface area contributed by atoms with Crippen LogP contribution < -0.4 is 14.8 Å². The zero-order valence-electron chi connectivity index (χ0n) is 16.7. The largest absolute Gasteiger partial charge is 0.454 e. The van der Waals surface area contributed by atoms with Crippen molar-refractivity contribution in [2.24, 2.45) is 0 Å². The number of nitrogens with one attached hydrogen (secondary N) is 1. The van der Waals surface area contributed by atoms with Crippen molar-refractivity contribution < 1.29 is 19.0 Å². The maximum Gasteiger partial charge on any atom is 0.321 e. The number of hydrogen-bond acceptors (Lipinski definition) is 6. The van der Waals surface area contributed by atoms with Gasteiger partial charge in [-0.1, -0.05) is 0 Å². The molecular weight excluding hydrogens is 386 g/mol. The van der Waals surface area contributed by atoms with Crippen molar-refractivity contribution in [1.29, 1.82) is 0 Å². The van der Waals surface area contributed by atoms with Gasteiger partial charge in [-0.15, -0.1) is 0 Å². The normalized spacial score (nSPS) is 16.2. The third kappa shape index (κ3) is 3.41. The number of imidazole rings is 1. The molecule has 0 spiro atoms. The summed E-state index contributed by atoms with van der Waals surface area (Å²) in [6.07, 6.45) is 3.44. The second kappa shape index (κ2) is 7.83. The fourth-order valence-corrected chi connectivity index (χ4v) is 4.10. The molecule has 0 bridgehead atoms. The summed E-state index contributed by atoms with van der Waals surface area (Å²) in [4.78, 5) is 23.8. The number of piperidine rings is 1. The number of aromatic nitrogens is 3. The van der Waals surface area contributed by atoms with Crippen LogP contribution in [0, 0.1) is 0 Å². The van der Waals surface area contributed by atoms with Gasteiger partial charge in [0.15, 0.2) is 17.1 Å². The third-order valence-electron chi connectivity index (χ3n) is 5.54. The number of amides is 2. The van der Waals surface area contributed by atoms with Gasteiger partial charge in [0.25, 0.3) is 0 Å². The number of likely N-dealkylation sites (tertiary alicyclic amines) is 1. The van der Waals surface area contributed by atoms with Crippen molar-refractivity contribution in [1.82, 2.24) is 19.4 Å². The molecule has 5 rings (SSSR count). The first-order chi connectivity index (χ1) is 14.7. The molecule has 1 N–H and O–H groups in total. The zero-order valence-corrected chi connectivity index (χ0v) is 16.7. The standard InChI is InChI=1S/C21H23N5O4/c1-28-12-19-24-16-3-2-8-22-20(16)26(19)15-6-9-25(10-7-15)21(27)23-14-4-5-17-18(11-14)30-13-29-17/h2-5,8,11,15H,6-7,9-10,12-13H2,1H3,(H,23,27). The fourth-order valence-electron chi connectivity index (χ4n) is 4.10. The van der Waals surface area contributed by atoms with E-state index in [4.69, 9.17) is 14.2 Å². The number of fused-ring (bicyclic) bond motifs is 2. The first-order valence-electron chi connectivity index (χ1n) is 9.99. The van der Waals surface area contributed by atoms with E-state index in [-0.39, 0.29) is 18.9 Å². The Morgan fingerprint density at radius 1 is 1.23 bits per heavy atom. The number of rotatable bonds is 4. The van der Waals surface area contributed by atoms with Crippen molar-refractivity contribution in [3.8, 4) is 11.5 Å². The number of nitrogens with zero attached hydrogens (tertiary/aromatic N) is 4. The molecule has 156 valence electrons. The lowest BCUT2D eigenvalue weighted by molar-refractivity contribution is 0.162. The van der Waals surface area contributed by atoms with E-state index < -0.39 is 0 Å². The van der Waals surface area contributed by atoms with Crippen molar-refractivity contribution in [2.45, 2.75) is 25.5 Å². The van der Waals surface area contributed by atoms with Crippen LogP contribution in [-0.2, 0) is 11.3 Å². The van der Waals surface area contributed by atoms with E-state index in [1.165, 1.54) is 0 Å². The molecule has 0 aliphatic carbocycles. The maximum absolute atomic E-state index is 12.7. The van der Waals surface area contributed by atoms with Crippen LogP contribution in [-0.4, -0.2) is 52.5 Å². The average molecular weight is 409 g/mol. The molecule has 0 saturated carbocycles. The Morgan fingerprint density at radius 2 is 2.07 bits per heavy atom. The molecule has 4 heterocycles. The van der Waals surface area contributed by atoms with Crippen LogP contribution in [0.1, 0.15) is 24.7 Å². The average Bonchev–Trinajstić information content (AvgIpc) is 3.38. The number of methoxy groups -OCH3 is 1. The molecule has 2 aliphatic heterocycles. The van der Waals surface area contributed by atoms with Crippen LogP contribution in [0.5, 0.6) is 11.5 Å². The first kappa shape index (κ1) is 18.7. The van der Waals surface area contributed by atoms with Gasteiger partial charge in [0.05, 0.1) is 0 Å². The molecule has 1 fully saturated rings. The van der Waals surface area contributed by atoms with E-state index in [9.17, 15) is 4.79 Å². The maximum atomic E-state index is 12.7. The topological polar surface area (TPSA) is 90.7 Å². The highest BCUT2D eigenvalue weighted by molar-refractivity contribution is 5.89. The number of ether oxygens (including phenoxy) is 3. The van der Waals surface area contributed by atoms with Crippen LogP contribution >= 0.6 is 0 Å². The molecule has 2 aromatic heterocycles. The number of hydrogen-bond donors (Lipinski definition) is 1. The minimum atomic E-state index is -0.113. The van der Waals surface area contributed by atoms with Gasteiger partial charge in [0.1, 0.15) is 17.9 Å². The number of anilines is 1. The Bertz CT molecular complexity index is 1070. The summed E-state index contributed by atoms with van der Waals surface area (Å²) in [5.74, 6) is 2.22. The molecule has 2 amide bonds. The lowest BCUT2D eigenvalue weighted by Crippen LogP contribution is -2.41. The van der Waals surface area contributed by atoms with Gasteiger partial charge in [0, 0.05) is 44.2 Å². The fraction of sp³-hybridized carbons (Fsp3) is 0.381. The molecule has 0 radical (unpaired) electrons. The second-order valence-electron chi connectivity index (χ2n) is 7.39. The molecule has 0 unspecified atom stereocenters. The summed E-state index contributed by atoms with van der Waals surface area (Å²) >= 11 is 0. The second-order valence-corrected chi connectivity index (χ2v) is 7.39. The Balaban J connectivity index is 1.27. The molecule has 3 aromatic rings. The molecule has 0 atom stereocenters. The van der Waals surface area contributed by atoms with Crippen LogP contribution in [0.4, 0.5) is 10.5 Å². The summed E-state index contributed by atoms with van der Waals surface area (Å²) in [6, 6.07) is 9.37. The van der Waals surface area contributed by atoms with Gasteiger partial charge in [0.2, 0.25) is 6.79 Å². The third-order valence-corrected chi connectivity index (χ3v) is 5.54. The van der Waals surface area contributed by atoms with Gasteiger partial charge in [-0.05, 0) is 37.1 Å². The number of benzene rings is 1. The molecule has 9 heteroatoms. The highest BCUT2D eigenvalue weighted by Gasteiger charge is 2.27. The van der Waals surface area contributed by atoms with Crippen molar-refractivity contribution in [3.63, 3.8) is 0 Å². The first-order valence-corrected chi connectivity index (χ1v) is 9.99. The Hall–Kier alpha value is -3.33. The van der Waals surface area contributed by atoms with Crippen LogP contribution in [0.3, 0.4) is 0 Å². The summed E-state index contributed by atoms with van der Waals surface area (Å²) < 4.78 is 18.2. The van der Waals surface area contributed by atoms with E-state index in [2.05, 4.69) is 19.9 Å². The summed E-state index contributed by atoms with van der Waals surface area (Å²) in [6.45, 7) is 1.95. The van der Waals surface area contributed by atoms with E-state index in [0.29, 0.717) is 36.9 Å². The Kier molecular flexibility index (Phi) is 4.88. The van der Waals surface area contributed by atoms with Crippen LogP contribution in [0.25, 0.3) is 11.2 Å². The van der Waals surface area contributed by atoms with E-state index in [1.54, 1.807) is 25.4 Å². The van der Waals surface area contributed by atoms with Gasteiger partial charge in [-0.25, -0.2) is 14.8 Å². The van der Waals surface area contributed by atoms with Crippen molar-refractivity contribution in [3.05, 3.63) is 42.4 Å². The molecule has 9 nitrogen and oxygen atoms in total. The Labute approximate surface area is 173 Å².